The van der Waals surface area contributed by atoms with Crippen molar-refractivity contribution < 1.29 is 14.3 Å². The Morgan fingerprint density at radius 2 is 2.20 bits per heavy atom. The van der Waals surface area contributed by atoms with Crippen molar-refractivity contribution in [3.05, 3.63) is 18.2 Å². The van der Waals surface area contributed by atoms with Crippen LogP contribution in [0.15, 0.2) is 23.1 Å². The monoisotopic (exact) mass is 291 g/mol. The number of thioether (sulfide) groups is 1. The first kappa shape index (κ1) is 14.6. The van der Waals surface area contributed by atoms with E-state index in [2.05, 4.69) is 11.2 Å². The number of rotatable bonds is 4. The third-order valence-electron chi connectivity index (χ3n) is 2.77. The van der Waals surface area contributed by atoms with Crippen LogP contribution >= 0.6 is 11.8 Å². The molecule has 106 valence electrons. The van der Waals surface area contributed by atoms with E-state index >= 15 is 0 Å². The summed E-state index contributed by atoms with van der Waals surface area (Å²) in [5, 5.41) is 2.46. The van der Waals surface area contributed by atoms with Crippen LogP contribution in [-0.2, 0) is 4.79 Å². The van der Waals surface area contributed by atoms with Gasteiger partial charge in [0.2, 0.25) is 5.91 Å². The Morgan fingerprint density at radius 3 is 2.95 bits per heavy atom. The van der Waals surface area contributed by atoms with E-state index in [1.165, 1.54) is 11.8 Å². The highest BCUT2D eigenvalue weighted by Crippen LogP contribution is 2.35. The Kier molecular flexibility index (Phi) is 5.19. The van der Waals surface area contributed by atoms with Gasteiger partial charge in [0, 0.05) is 11.3 Å². The summed E-state index contributed by atoms with van der Waals surface area (Å²) in [7, 11) is 0. The smallest absolute Gasteiger partial charge is 0.233 e. The molecular weight excluding hydrogens is 274 g/mol. The van der Waals surface area contributed by atoms with E-state index in [0.29, 0.717) is 13.2 Å². The topological polar surface area (TPSA) is 47.6 Å². The minimum Gasteiger partial charge on any atom is -0.490 e. The zero-order valence-electron chi connectivity index (χ0n) is 11.3. The molecule has 20 heavy (non-hydrogen) atoms. The van der Waals surface area contributed by atoms with Gasteiger partial charge < -0.3 is 14.8 Å². The van der Waals surface area contributed by atoms with E-state index < -0.39 is 0 Å². The number of nitrogens with one attached hydrogen (secondary N) is 1. The second-order valence-electron chi connectivity index (χ2n) is 4.34. The number of hydrogen-bond donors (Lipinski definition) is 1. The first-order valence-electron chi connectivity index (χ1n) is 6.48. The largest absolute Gasteiger partial charge is 0.490 e. The summed E-state index contributed by atoms with van der Waals surface area (Å²) in [4.78, 5) is 12.7. The van der Waals surface area contributed by atoms with Gasteiger partial charge in [-0.1, -0.05) is 5.92 Å². The van der Waals surface area contributed by atoms with E-state index in [1.807, 2.05) is 25.1 Å². The van der Waals surface area contributed by atoms with Gasteiger partial charge in [-0.2, -0.15) is 0 Å². The number of fused-ring (bicyclic) bond motifs is 1. The Balaban J connectivity index is 2.01. The van der Waals surface area contributed by atoms with Crippen molar-refractivity contribution in [2.24, 2.45) is 0 Å². The van der Waals surface area contributed by atoms with Crippen molar-refractivity contribution in [2.45, 2.75) is 23.5 Å². The van der Waals surface area contributed by atoms with Crippen LogP contribution < -0.4 is 14.8 Å². The fourth-order valence-electron chi connectivity index (χ4n) is 1.76. The van der Waals surface area contributed by atoms with Crippen LogP contribution in [-0.4, -0.2) is 30.9 Å². The van der Waals surface area contributed by atoms with Crippen LogP contribution in [0.4, 0.5) is 0 Å². The molecule has 1 heterocycles. The minimum absolute atomic E-state index is 0.0694. The lowest BCUT2D eigenvalue weighted by atomic mass is 10.3. The summed E-state index contributed by atoms with van der Waals surface area (Å²) in [6, 6.07) is 5.73. The Bertz CT molecular complexity index is 524. The van der Waals surface area contributed by atoms with Crippen molar-refractivity contribution in [1.82, 2.24) is 5.32 Å². The molecule has 2 rings (SSSR count). The van der Waals surface area contributed by atoms with Crippen molar-refractivity contribution in [3.8, 4) is 23.8 Å². The molecular formula is C15H17NO3S. The highest BCUT2D eigenvalue weighted by Gasteiger charge is 2.16. The average Bonchev–Trinajstić information content (AvgIpc) is 2.69. The van der Waals surface area contributed by atoms with Gasteiger partial charge in [-0.3, -0.25) is 4.79 Å². The first-order valence-corrected chi connectivity index (χ1v) is 7.36. The molecule has 5 heteroatoms. The Morgan fingerprint density at radius 1 is 1.45 bits per heavy atom. The molecule has 0 fully saturated rings. The van der Waals surface area contributed by atoms with E-state index in [0.717, 1.165) is 22.8 Å². The summed E-state index contributed by atoms with van der Waals surface area (Å²) in [6.45, 7) is 3.42. The highest BCUT2D eigenvalue weighted by molar-refractivity contribution is 8.00. The van der Waals surface area contributed by atoms with Gasteiger partial charge in [-0.05, 0) is 25.1 Å². The molecule has 0 aliphatic carbocycles. The van der Waals surface area contributed by atoms with E-state index in [1.54, 1.807) is 0 Å². The lowest BCUT2D eigenvalue weighted by molar-refractivity contribution is -0.120. The molecule has 1 aromatic rings. The molecule has 4 nitrogen and oxygen atoms in total. The molecule has 0 saturated heterocycles. The molecule has 0 radical (unpaired) electrons. The van der Waals surface area contributed by atoms with Gasteiger partial charge in [0.25, 0.3) is 0 Å². The average molecular weight is 291 g/mol. The van der Waals surface area contributed by atoms with E-state index in [9.17, 15) is 4.79 Å². The van der Waals surface area contributed by atoms with Gasteiger partial charge in [0.05, 0.1) is 25.0 Å². The summed E-state index contributed by atoms with van der Waals surface area (Å²) in [5.41, 5.74) is 0. The van der Waals surface area contributed by atoms with Gasteiger partial charge in [0.1, 0.15) is 0 Å². The molecule has 1 aromatic carbocycles. The highest BCUT2D eigenvalue weighted by atomic mass is 32.2. The molecule has 1 atom stereocenters. The molecule has 0 saturated carbocycles. The number of ether oxygens (including phenoxy) is 2. The second kappa shape index (κ2) is 7.11. The van der Waals surface area contributed by atoms with Crippen LogP contribution in [0.25, 0.3) is 0 Å². The number of terminal acetylenes is 1. The number of carbonyl (C=O) groups is 1. The number of amides is 1. The minimum atomic E-state index is -0.215. The predicted octanol–water partition coefficient (Wildman–Crippen LogP) is 2.08. The predicted molar refractivity (Wildman–Crippen MR) is 79.2 cm³/mol. The molecule has 1 amide bonds. The van der Waals surface area contributed by atoms with Crippen LogP contribution in [0.3, 0.4) is 0 Å². The fourth-order valence-corrected chi connectivity index (χ4v) is 2.68. The third-order valence-corrected chi connectivity index (χ3v) is 3.86. The Hall–Kier alpha value is -1.80. The molecule has 1 aliphatic heterocycles. The van der Waals surface area contributed by atoms with E-state index in [-0.39, 0.29) is 17.7 Å². The lowest BCUT2D eigenvalue weighted by Crippen LogP contribution is -2.31. The van der Waals surface area contributed by atoms with Crippen molar-refractivity contribution in [2.75, 3.05) is 19.8 Å². The summed E-state index contributed by atoms with van der Waals surface area (Å²) >= 11 is 1.47. The van der Waals surface area contributed by atoms with Gasteiger partial charge in [-0.15, -0.1) is 18.2 Å². The van der Waals surface area contributed by atoms with Crippen LogP contribution in [0.5, 0.6) is 11.5 Å². The second-order valence-corrected chi connectivity index (χ2v) is 5.76. The number of carbonyl (C=O) groups excluding carboxylic acids is 1. The zero-order chi connectivity index (χ0) is 14.4. The fraction of sp³-hybridized carbons (Fsp3) is 0.400. The van der Waals surface area contributed by atoms with Crippen molar-refractivity contribution in [3.63, 3.8) is 0 Å². The summed E-state index contributed by atoms with van der Waals surface area (Å²) < 4.78 is 11.2. The quantitative estimate of drug-likeness (QED) is 0.681. The van der Waals surface area contributed by atoms with Crippen LogP contribution in [0, 0.1) is 12.3 Å². The van der Waals surface area contributed by atoms with E-state index in [4.69, 9.17) is 15.9 Å². The maximum atomic E-state index is 11.8. The molecule has 1 N–H and O–H groups in total. The lowest BCUT2D eigenvalue weighted by Gasteiger charge is -2.12. The van der Waals surface area contributed by atoms with Gasteiger partial charge in [0.15, 0.2) is 11.5 Å². The number of benzene rings is 1. The standard InChI is InChI=1S/C15H17NO3S/c1-3-7-16-15(17)11(2)20-12-5-6-13-14(10-12)19-9-4-8-18-13/h1,5-6,10-11H,4,7-9H2,2H3,(H,16,17). The molecule has 0 spiro atoms. The normalized spacial score (nSPS) is 14.8. The van der Waals surface area contributed by atoms with Gasteiger partial charge in [-0.25, -0.2) is 0 Å². The summed E-state index contributed by atoms with van der Waals surface area (Å²) in [6.07, 6.45) is 6.00. The van der Waals surface area contributed by atoms with Crippen molar-refractivity contribution in [1.29, 1.82) is 0 Å². The molecule has 0 aromatic heterocycles. The zero-order valence-corrected chi connectivity index (χ0v) is 12.2. The SMILES string of the molecule is C#CCNC(=O)C(C)Sc1ccc2c(c1)OCCCO2. The third kappa shape index (κ3) is 3.84. The Labute approximate surface area is 123 Å². The maximum absolute atomic E-state index is 11.8. The van der Waals surface area contributed by atoms with Crippen LogP contribution in [0.1, 0.15) is 13.3 Å². The van der Waals surface area contributed by atoms with Gasteiger partial charge >= 0.3 is 0 Å². The summed E-state index contributed by atoms with van der Waals surface area (Å²) in [5.74, 6) is 3.82. The molecule has 1 aliphatic rings. The van der Waals surface area contributed by atoms with Crippen molar-refractivity contribution >= 4 is 17.7 Å². The number of hydrogen-bond acceptors (Lipinski definition) is 4. The van der Waals surface area contributed by atoms with Crippen LogP contribution in [0.2, 0.25) is 0 Å². The maximum Gasteiger partial charge on any atom is 0.233 e. The first-order chi connectivity index (χ1) is 9.70. The molecule has 0 bridgehead atoms. The molecule has 1 unspecified atom stereocenters.